The average Bonchev–Trinajstić information content (AvgIpc) is 2.77. The fraction of sp³-hybridized carbons (Fsp3) is 0.667. The van der Waals surface area contributed by atoms with Gasteiger partial charge in [-0.05, 0) is 55.9 Å². The first-order valence-corrected chi connectivity index (χ1v) is 11.5. The van der Waals surface area contributed by atoms with Gasteiger partial charge in [-0.25, -0.2) is 0 Å². The van der Waals surface area contributed by atoms with Crippen molar-refractivity contribution in [3.63, 3.8) is 0 Å². The first kappa shape index (κ1) is 23.6. The Balaban J connectivity index is 1.31. The number of rotatable bonds is 7. The van der Waals surface area contributed by atoms with Gasteiger partial charge in [0.1, 0.15) is 0 Å². The van der Waals surface area contributed by atoms with Gasteiger partial charge in [0, 0.05) is 39.0 Å². The number of alkyl halides is 3. The second-order valence-electron chi connectivity index (χ2n) is 8.99. The number of likely N-dealkylation sites (tertiary alicyclic amines) is 2. The zero-order chi connectivity index (χ0) is 22.3. The van der Waals surface area contributed by atoms with E-state index in [1.807, 2.05) is 11.0 Å². The number of nitrogens with zero attached hydrogens (tertiary/aromatic N) is 2. The summed E-state index contributed by atoms with van der Waals surface area (Å²) in [6.07, 6.45) is 0.207. The lowest BCUT2D eigenvalue weighted by Gasteiger charge is -2.34. The van der Waals surface area contributed by atoms with Crippen LogP contribution in [0.4, 0.5) is 13.2 Å². The highest BCUT2D eigenvalue weighted by atomic mass is 19.4. The quantitative estimate of drug-likeness (QED) is 0.612. The third kappa shape index (κ3) is 7.86. The number of hydrogen-bond donors (Lipinski definition) is 0. The lowest BCUT2D eigenvalue weighted by atomic mass is 9.89. The van der Waals surface area contributed by atoms with Crippen molar-refractivity contribution in [3.8, 4) is 0 Å². The maximum atomic E-state index is 12.6. The van der Waals surface area contributed by atoms with E-state index >= 15 is 0 Å². The third-order valence-corrected chi connectivity index (χ3v) is 6.69. The number of halogens is 3. The van der Waals surface area contributed by atoms with Crippen molar-refractivity contribution in [2.75, 3.05) is 26.2 Å². The molecule has 0 saturated carbocycles. The minimum absolute atomic E-state index is 0.210. The molecule has 0 spiro atoms. The van der Waals surface area contributed by atoms with E-state index in [0.29, 0.717) is 31.3 Å². The summed E-state index contributed by atoms with van der Waals surface area (Å²) < 4.78 is 36.9. The highest BCUT2D eigenvalue weighted by Gasteiger charge is 2.30. The molecule has 7 heteroatoms. The normalized spacial score (nSPS) is 18.9. The molecule has 0 unspecified atom stereocenters. The molecule has 1 aromatic carbocycles. The number of benzene rings is 1. The molecule has 31 heavy (non-hydrogen) atoms. The van der Waals surface area contributed by atoms with Crippen molar-refractivity contribution in [2.24, 2.45) is 11.8 Å². The van der Waals surface area contributed by atoms with Gasteiger partial charge in [0.15, 0.2) is 0 Å². The van der Waals surface area contributed by atoms with Crippen LogP contribution >= 0.6 is 0 Å². The summed E-state index contributed by atoms with van der Waals surface area (Å²) in [5, 5.41) is 0. The Labute approximate surface area is 182 Å². The molecular formula is C24H33F3N2O2. The summed E-state index contributed by atoms with van der Waals surface area (Å²) in [5.74, 6) is 0.795. The number of amides is 2. The third-order valence-electron chi connectivity index (χ3n) is 6.69. The molecule has 2 saturated heterocycles. The Hall–Kier alpha value is -2.05. The molecular weight excluding hydrogens is 405 g/mol. The highest BCUT2D eigenvalue weighted by Crippen LogP contribution is 2.27. The van der Waals surface area contributed by atoms with Crippen molar-refractivity contribution in [1.82, 2.24) is 9.80 Å². The van der Waals surface area contributed by atoms with Crippen LogP contribution in [0.15, 0.2) is 30.3 Å². The maximum Gasteiger partial charge on any atom is 0.389 e. The largest absolute Gasteiger partial charge is 0.389 e. The van der Waals surface area contributed by atoms with Crippen LogP contribution in [0.25, 0.3) is 0 Å². The van der Waals surface area contributed by atoms with E-state index in [0.717, 1.165) is 51.6 Å². The van der Waals surface area contributed by atoms with Crippen LogP contribution in [0.2, 0.25) is 0 Å². The number of carbonyl (C=O) groups is 2. The van der Waals surface area contributed by atoms with Crippen molar-refractivity contribution in [1.29, 1.82) is 0 Å². The van der Waals surface area contributed by atoms with Gasteiger partial charge >= 0.3 is 6.18 Å². The van der Waals surface area contributed by atoms with Gasteiger partial charge in [-0.3, -0.25) is 9.59 Å². The van der Waals surface area contributed by atoms with Crippen LogP contribution in [0, 0.1) is 11.8 Å². The molecule has 3 rings (SSSR count). The minimum Gasteiger partial charge on any atom is -0.343 e. The van der Waals surface area contributed by atoms with E-state index < -0.39 is 24.9 Å². The molecule has 2 fully saturated rings. The monoisotopic (exact) mass is 438 g/mol. The standard InChI is InChI=1S/C24H33F3N2O2/c25-24(26,27)13-8-23(31)29-14-9-19(10-15-29)6-7-22(30)28-16-11-21(12-17-28)18-20-4-2-1-3-5-20/h1-5,19,21H,6-18H2. The zero-order valence-corrected chi connectivity index (χ0v) is 18.1. The average molecular weight is 439 g/mol. The van der Waals surface area contributed by atoms with Gasteiger partial charge < -0.3 is 9.80 Å². The number of piperidine rings is 2. The van der Waals surface area contributed by atoms with Gasteiger partial charge in [-0.2, -0.15) is 13.2 Å². The van der Waals surface area contributed by atoms with Crippen LogP contribution in [0.5, 0.6) is 0 Å². The number of carbonyl (C=O) groups excluding carboxylic acids is 2. The molecule has 2 aliphatic rings. The van der Waals surface area contributed by atoms with Crippen molar-refractivity contribution in [2.45, 2.75) is 64.0 Å². The van der Waals surface area contributed by atoms with Crippen molar-refractivity contribution < 1.29 is 22.8 Å². The molecule has 2 aliphatic heterocycles. The van der Waals surface area contributed by atoms with Crippen LogP contribution in [0.3, 0.4) is 0 Å². The first-order chi connectivity index (χ1) is 14.8. The molecule has 2 heterocycles. The van der Waals surface area contributed by atoms with E-state index in [2.05, 4.69) is 24.3 Å². The Morgan fingerprint density at radius 2 is 1.32 bits per heavy atom. The van der Waals surface area contributed by atoms with Crippen molar-refractivity contribution in [3.05, 3.63) is 35.9 Å². The predicted molar refractivity (Wildman–Crippen MR) is 113 cm³/mol. The molecule has 0 bridgehead atoms. The molecule has 0 radical (unpaired) electrons. The topological polar surface area (TPSA) is 40.6 Å². The fourth-order valence-corrected chi connectivity index (χ4v) is 4.70. The zero-order valence-electron chi connectivity index (χ0n) is 18.1. The summed E-state index contributed by atoms with van der Waals surface area (Å²) in [6, 6.07) is 10.5. The van der Waals surface area contributed by atoms with Crippen LogP contribution in [-0.2, 0) is 16.0 Å². The van der Waals surface area contributed by atoms with E-state index in [1.54, 1.807) is 4.90 Å². The second kappa shape index (κ2) is 11.0. The van der Waals surface area contributed by atoms with Crippen LogP contribution < -0.4 is 0 Å². The first-order valence-electron chi connectivity index (χ1n) is 11.5. The summed E-state index contributed by atoms with van der Waals surface area (Å²) >= 11 is 0. The molecule has 0 aromatic heterocycles. The van der Waals surface area contributed by atoms with Gasteiger partial charge in [-0.15, -0.1) is 0 Å². The SMILES string of the molecule is O=C(CCC(F)(F)F)N1CCC(CCC(=O)N2CCC(Cc3ccccc3)CC2)CC1. The lowest BCUT2D eigenvalue weighted by Crippen LogP contribution is -2.40. The molecule has 2 amide bonds. The van der Waals surface area contributed by atoms with Crippen molar-refractivity contribution >= 4 is 11.8 Å². The van der Waals surface area contributed by atoms with E-state index in [1.165, 1.54) is 5.56 Å². The highest BCUT2D eigenvalue weighted by molar-refractivity contribution is 5.76. The summed E-state index contributed by atoms with van der Waals surface area (Å²) in [5.41, 5.74) is 1.36. The van der Waals surface area contributed by atoms with Gasteiger partial charge in [0.25, 0.3) is 0 Å². The van der Waals surface area contributed by atoms with Crippen LogP contribution in [0.1, 0.15) is 56.9 Å². The van der Waals surface area contributed by atoms with Crippen LogP contribution in [-0.4, -0.2) is 54.0 Å². The molecule has 1 aromatic rings. The molecule has 0 atom stereocenters. The molecule has 0 N–H and O–H groups in total. The van der Waals surface area contributed by atoms with Gasteiger partial charge in [0.05, 0.1) is 6.42 Å². The minimum atomic E-state index is -4.29. The fourth-order valence-electron chi connectivity index (χ4n) is 4.70. The predicted octanol–water partition coefficient (Wildman–Crippen LogP) is 4.83. The Morgan fingerprint density at radius 1 is 0.806 bits per heavy atom. The van der Waals surface area contributed by atoms with E-state index in [4.69, 9.17) is 0 Å². The number of hydrogen-bond acceptors (Lipinski definition) is 2. The van der Waals surface area contributed by atoms with Gasteiger partial charge in [0.2, 0.25) is 11.8 Å². The Bertz CT molecular complexity index is 707. The Morgan fingerprint density at radius 3 is 1.87 bits per heavy atom. The maximum absolute atomic E-state index is 12.6. The summed E-state index contributed by atoms with van der Waals surface area (Å²) in [6.45, 7) is 2.64. The second-order valence-corrected chi connectivity index (χ2v) is 8.99. The molecule has 0 aliphatic carbocycles. The molecule has 4 nitrogen and oxygen atoms in total. The van der Waals surface area contributed by atoms with E-state index in [9.17, 15) is 22.8 Å². The Kier molecular flexibility index (Phi) is 8.38. The van der Waals surface area contributed by atoms with E-state index in [-0.39, 0.29) is 5.91 Å². The smallest absolute Gasteiger partial charge is 0.343 e. The lowest BCUT2D eigenvalue weighted by molar-refractivity contribution is -0.149. The summed E-state index contributed by atoms with van der Waals surface area (Å²) in [4.78, 5) is 28.1. The van der Waals surface area contributed by atoms with Gasteiger partial charge in [-0.1, -0.05) is 30.3 Å². The summed E-state index contributed by atoms with van der Waals surface area (Å²) in [7, 11) is 0. The molecule has 172 valence electrons.